The molecule has 2 amide bonds. The zero-order valence-electron chi connectivity index (χ0n) is 21.4. The fourth-order valence-corrected chi connectivity index (χ4v) is 4.45. The fourth-order valence-electron chi connectivity index (χ4n) is 3.38. The smallest absolute Gasteiger partial charge is 0.304 e. The molecule has 0 saturated carbocycles. The standard InChI is InChI=1S/C25H35FN4O4S/c1-18-12-8-9-13-20(18)16-29(19(2)24(32)27-25(3,4)5)23(31)17-30(35(33,34)28(6)7)22-15-11-10-14-21(22)26/h8-15,19H,16-17H2,1-7H3,(H,27,32)/t19-/m0/s1. The van der Waals surface area contributed by atoms with E-state index < -0.39 is 40.1 Å². The zero-order chi connectivity index (χ0) is 26.6. The molecule has 2 rings (SSSR count). The van der Waals surface area contributed by atoms with E-state index in [1.54, 1.807) is 6.92 Å². The van der Waals surface area contributed by atoms with Gasteiger partial charge in [-0.05, 0) is 57.9 Å². The van der Waals surface area contributed by atoms with Crippen LogP contribution in [0, 0.1) is 12.7 Å². The number of carbonyl (C=O) groups excluding carboxylic acids is 2. The average molecular weight is 507 g/mol. The first-order valence-electron chi connectivity index (χ1n) is 11.3. The minimum absolute atomic E-state index is 0.0807. The molecule has 0 spiro atoms. The second-order valence-electron chi connectivity index (χ2n) is 9.61. The maximum atomic E-state index is 14.6. The van der Waals surface area contributed by atoms with Gasteiger partial charge in [0.2, 0.25) is 11.8 Å². The van der Waals surface area contributed by atoms with Gasteiger partial charge in [0.1, 0.15) is 18.4 Å². The molecule has 0 radical (unpaired) electrons. The number of rotatable bonds is 9. The van der Waals surface area contributed by atoms with Gasteiger partial charge < -0.3 is 10.2 Å². The number of benzene rings is 2. The van der Waals surface area contributed by atoms with E-state index in [1.807, 2.05) is 52.0 Å². The maximum absolute atomic E-state index is 14.6. The summed E-state index contributed by atoms with van der Waals surface area (Å²) in [4.78, 5) is 27.9. The number of nitrogens with one attached hydrogen (secondary N) is 1. The van der Waals surface area contributed by atoms with Crippen molar-refractivity contribution in [1.29, 1.82) is 0 Å². The van der Waals surface area contributed by atoms with Crippen molar-refractivity contribution in [2.45, 2.75) is 52.7 Å². The van der Waals surface area contributed by atoms with Gasteiger partial charge in [-0.1, -0.05) is 36.4 Å². The van der Waals surface area contributed by atoms with E-state index in [1.165, 1.54) is 37.2 Å². The highest BCUT2D eigenvalue weighted by atomic mass is 32.2. The van der Waals surface area contributed by atoms with Gasteiger partial charge in [-0.2, -0.15) is 12.7 Å². The van der Waals surface area contributed by atoms with Crippen molar-refractivity contribution in [1.82, 2.24) is 14.5 Å². The Balaban J connectivity index is 2.50. The molecule has 1 atom stereocenters. The number of hydrogen-bond donors (Lipinski definition) is 1. The van der Waals surface area contributed by atoms with Crippen LogP contribution in [0.15, 0.2) is 48.5 Å². The third kappa shape index (κ3) is 7.25. The summed E-state index contributed by atoms with van der Waals surface area (Å²) in [5, 5.41) is 2.86. The van der Waals surface area contributed by atoms with Crippen LogP contribution in [0.4, 0.5) is 10.1 Å². The molecule has 8 nitrogen and oxygen atoms in total. The predicted molar refractivity (Wildman–Crippen MR) is 135 cm³/mol. The van der Waals surface area contributed by atoms with Crippen molar-refractivity contribution in [3.8, 4) is 0 Å². The summed E-state index contributed by atoms with van der Waals surface area (Å²) < 4.78 is 42.4. The van der Waals surface area contributed by atoms with Crippen molar-refractivity contribution in [2.24, 2.45) is 0 Å². The molecule has 0 aromatic heterocycles. The number of aryl methyl sites for hydroxylation is 1. The first-order valence-corrected chi connectivity index (χ1v) is 12.7. The van der Waals surface area contributed by atoms with Gasteiger partial charge in [-0.25, -0.2) is 8.70 Å². The molecule has 0 unspecified atom stereocenters. The molecule has 0 heterocycles. The Morgan fingerprint density at radius 2 is 1.60 bits per heavy atom. The highest BCUT2D eigenvalue weighted by molar-refractivity contribution is 7.90. The lowest BCUT2D eigenvalue weighted by atomic mass is 10.1. The molecule has 0 aliphatic carbocycles. The normalized spacial score (nSPS) is 12.8. The third-order valence-electron chi connectivity index (χ3n) is 5.41. The van der Waals surface area contributed by atoms with Crippen LogP contribution in [-0.4, -0.2) is 61.7 Å². The van der Waals surface area contributed by atoms with E-state index in [0.29, 0.717) is 0 Å². The lowest BCUT2D eigenvalue weighted by Gasteiger charge is -2.34. The summed E-state index contributed by atoms with van der Waals surface area (Å²) in [5.41, 5.74) is 0.942. The summed E-state index contributed by atoms with van der Waals surface area (Å²) in [6.07, 6.45) is 0. The number of anilines is 1. The van der Waals surface area contributed by atoms with Crippen molar-refractivity contribution in [2.75, 3.05) is 24.9 Å². The summed E-state index contributed by atoms with van der Waals surface area (Å²) in [7, 11) is -1.61. The summed E-state index contributed by atoms with van der Waals surface area (Å²) >= 11 is 0. The Bertz CT molecular complexity index is 1160. The Hall–Kier alpha value is -2.98. The van der Waals surface area contributed by atoms with Gasteiger partial charge >= 0.3 is 10.2 Å². The van der Waals surface area contributed by atoms with Gasteiger partial charge in [0.25, 0.3) is 0 Å². The van der Waals surface area contributed by atoms with Gasteiger partial charge in [0, 0.05) is 26.2 Å². The number of nitrogens with zero attached hydrogens (tertiary/aromatic N) is 3. The first kappa shape index (κ1) is 28.3. The fraction of sp³-hybridized carbons (Fsp3) is 0.440. The maximum Gasteiger partial charge on any atom is 0.304 e. The van der Waals surface area contributed by atoms with Crippen LogP contribution in [0.3, 0.4) is 0 Å². The number of halogens is 1. The van der Waals surface area contributed by atoms with Crippen LogP contribution in [0.25, 0.3) is 0 Å². The molecule has 2 aromatic carbocycles. The molecular formula is C25H35FN4O4S. The Kier molecular flexibility index (Phi) is 9.02. The first-order chi connectivity index (χ1) is 16.1. The molecule has 0 bridgehead atoms. The van der Waals surface area contributed by atoms with Crippen LogP contribution in [-0.2, 0) is 26.3 Å². The SMILES string of the molecule is Cc1ccccc1CN(C(=O)CN(c1ccccc1F)S(=O)(=O)N(C)C)[C@@H](C)C(=O)NC(C)(C)C. The molecule has 35 heavy (non-hydrogen) atoms. The number of para-hydroxylation sites is 1. The number of carbonyl (C=O) groups is 2. The summed E-state index contributed by atoms with van der Waals surface area (Å²) in [6.45, 7) is 8.36. The molecule has 1 N–H and O–H groups in total. The van der Waals surface area contributed by atoms with E-state index in [2.05, 4.69) is 5.32 Å². The largest absolute Gasteiger partial charge is 0.350 e. The van der Waals surface area contributed by atoms with Crippen molar-refractivity contribution < 1.29 is 22.4 Å². The number of amides is 2. The van der Waals surface area contributed by atoms with E-state index in [4.69, 9.17) is 0 Å². The van der Waals surface area contributed by atoms with E-state index in [0.717, 1.165) is 25.8 Å². The molecular weight excluding hydrogens is 471 g/mol. The van der Waals surface area contributed by atoms with Crippen LogP contribution in [0.1, 0.15) is 38.8 Å². The highest BCUT2D eigenvalue weighted by Crippen LogP contribution is 2.24. The van der Waals surface area contributed by atoms with Gasteiger partial charge in [0.15, 0.2) is 0 Å². The number of hydrogen-bond acceptors (Lipinski definition) is 4. The summed E-state index contributed by atoms with van der Waals surface area (Å²) in [6, 6.07) is 11.9. The molecule has 192 valence electrons. The third-order valence-corrected chi connectivity index (χ3v) is 7.21. The molecule has 0 saturated heterocycles. The predicted octanol–water partition coefficient (Wildman–Crippen LogP) is 3.08. The Morgan fingerprint density at radius 3 is 2.14 bits per heavy atom. The lowest BCUT2D eigenvalue weighted by molar-refractivity contribution is -0.140. The summed E-state index contributed by atoms with van der Waals surface area (Å²) in [5.74, 6) is -1.81. The minimum Gasteiger partial charge on any atom is -0.350 e. The lowest BCUT2D eigenvalue weighted by Crippen LogP contribution is -2.55. The van der Waals surface area contributed by atoms with E-state index >= 15 is 0 Å². The molecule has 2 aromatic rings. The Labute approximate surface area is 207 Å². The van der Waals surface area contributed by atoms with Crippen LogP contribution in [0.2, 0.25) is 0 Å². The minimum atomic E-state index is -4.22. The molecule has 10 heteroatoms. The van der Waals surface area contributed by atoms with Gasteiger partial charge in [0.05, 0.1) is 5.69 Å². The molecule has 0 aliphatic heterocycles. The monoisotopic (exact) mass is 506 g/mol. The van der Waals surface area contributed by atoms with Crippen molar-refractivity contribution >= 4 is 27.7 Å². The highest BCUT2D eigenvalue weighted by Gasteiger charge is 2.34. The van der Waals surface area contributed by atoms with E-state index in [9.17, 15) is 22.4 Å². The van der Waals surface area contributed by atoms with Crippen molar-refractivity contribution in [3.05, 3.63) is 65.5 Å². The topological polar surface area (TPSA) is 90.0 Å². The zero-order valence-corrected chi connectivity index (χ0v) is 22.2. The second-order valence-corrected chi connectivity index (χ2v) is 11.7. The average Bonchev–Trinajstić information content (AvgIpc) is 2.75. The van der Waals surface area contributed by atoms with Gasteiger partial charge in [-0.15, -0.1) is 0 Å². The van der Waals surface area contributed by atoms with E-state index in [-0.39, 0.29) is 18.1 Å². The second kappa shape index (κ2) is 11.2. The Morgan fingerprint density at radius 1 is 1.03 bits per heavy atom. The van der Waals surface area contributed by atoms with Gasteiger partial charge in [-0.3, -0.25) is 9.59 Å². The quantitative estimate of drug-likeness (QED) is 0.566. The van der Waals surface area contributed by atoms with Crippen LogP contribution < -0.4 is 9.62 Å². The molecule has 0 aliphatic rings. The van der Waals surface area contributed by atoms with Crippen LogP contribution in [0.5, 0.6) is 0 Å². The van der Waals surface area contributed by atoms with Crippen molar-refractivity contribution in [3.63, 3.8) is 0 Å². The van der Waals surface area contributed by atoms with Crippen LogP contribution >= 0.6 is 0 Å². The molecule has 0 fully saturated rings.